The van der Waals surface area contributed by atoms with Crippen LogP contribution in [-0.4, -0.2) is 49.2 Å². The summed E-state index contributed by atoms with van der Waals surface area (Å²) in [7, 11) is 0. The maximum Gasteiger partial charge on any atom is 0.422 e. The van der Waals surface area contributed by atoms with Gasteiger partial charge in [0.05, 0.1) is 17.6 Å². The number of anilines is 1. The van der Waals surface area contributed by atoms with Gasteiger partial charge in [0, 0.05) is 18.8 Å². The highest BCUT2D eigenvalue weighted by atomic mass is 19.4. The first kappa shape index (κ1) is 21.9. The van der Waals surface area contributed by atoms with Crippen molar-refractivity contribution >= 4 is 11.6 Å². The normalized spacial score (nSPS) is 27.6. The molecule has 1 spiro atoms. The SMILES string of the molecule is CCCOC[C@]1(O)CC[C@@]2(CCN(c3ccc(OCC(F)(F)F)cc3)C2=O)CC1. The summed E-state index contributed by atoms with van der Waals surface area (Å²) in [6.45, 7) is 2.15. The van der Waals surface area contributed by atoms with Crippen LogP contribution in [0.15, 0.2) is 24.3 Å². The second-order valence-electron chi connectivity index (χ2n) is 8.16. The fourth-order valence-electron chi connectivity index (χ4n) is 4.16. The topological polar surface area (TPSA) is 59.0 Å². The van der Waals surface area contributed by atoms with E-state index in [-0.39, 0.29) is 11.7 Å². The van der Waals surface area contributed by atoms with Crippen molar-refractivity contribution in [3.05, 3.63) is 24.3 Å². The van der Waals surface area contributed by atoms with Crippen LogP contribution in [0.1, 0.15) is 45.4 Å². The lowest BCUT2D eigenvalue weighted by molar-refractivity contribution is -0.153. The van der Waals surface area contributed by atoms with Gasteiger partial charge in [-0.25, -0.2) is 0 Å². The van der Waals surface area contributed by atoms with Crippen LogP contribution in [0.5, 0.6) is 5.75 Å². The summed E-state index contributed by atoms with van der Waals surface area (Å²) in [4.78, 5) is 14.8. The molecule has 1 aromatic carbocycles. The molecular formula is C21H28F3NO4. The summed E-state index contributed by atoms with van der Waals surface area (Å²) in [5.41, 5.74) is -0.688. The van der Waals surface area contributed by atoms with Gasteiger partial charge in [-0.3, -0.25) is 4.79 Å². The summed E-state index contributed by atoms with van der Waals surface area (Å²) < 4.78 is 47.0. The van der Waals surface area contributed by atoms with Crippen molar-refractivity contribution in [1.82, 2.24) is 0 Å². The van der Waals surface area contributed by atoms with Gasteiger partial charge >= 0.3 is 6.18 Å². The van der Waals surface area contributed by atoms with Crippen molar-refractivity contribution in [2.75, 3.05) is 31.3 Å². The lowest BCUT2D eigenvalue weighted by Gasteiger charge is -2.40. The van der Waals surface area contributed by atoms with Crippen LogP contribution in [-0.2, 0) is 9.53 Å². The van der Waals surface area contributed by atoms with Gasteiger partial charge in [0.25, 0.3) is 0 Å². The van der Waals surface area contributed by atoms with Gasteiger partial charge in [-0.2, -0.15) is 13.2 Å². The lowest BCUT2D eigenvalue weighted by atomic mass is 9.68. The van der Waals surface area contributed by atoms with Gasteiger partial charge in [-0.15, -0.1) is 0 Å². The number of rotatable bonds is 7. The molecule has 3 rings (SSSR count). The Bertz CT molecular complexity index is 697. The average Bonchev–Trinajstić information content (AvgIpc) is 3.00. The summed E-state index contributed by atoms with van der Waals surface area (Å²) in [5, 5.41) is 10.7. The Labute approximate surface area is 168 Å². The average molecular weight is 415 g/mol. The van der Waals surface area contributed by atoms with Gasteiger partial charge in [-0.05, 0) is 62.8 Å². The largest absolute Gasteiger partial charge is 0.484 e. The van der Waals surface area contributed by atoms with E-state index >= 15 is 0 Å². The maximum atomic E-state index is 13.1. The van der Waals surface area contributed by atoms with E-state index in [1.54, 1.807) is 17.0 Å². The van der Waals surface area contributed by atoms with Crippen molar-refractivity contribution in [2.45, 2.75) is 57.2 Å². The quantitative estimate of drug-likeness (QED) is 0.682. The number of hydrogen-bond acceptors (Lipinski definition) is 4. The highest BCUT2D eigenvalue weighted by Crippen LogP contribution is 2.48. The zero-order chi connectivity index (χ0) is 21.1. The van der Waals surface area contributed by atoms with Crippen molar-refractivity contribution < 1.29 is 32.5 Å². The van der Waals surface area contributed by atoms with Gasteiger partial charge in [0.1, 0.15) is 5.75 Å². The molecule has 1 aromatic rings. The van der Waals surface area contributed by atoms with Crippen molar-refractivity contribution in [3.8, 4) is 5.75 Å². The molecule has 162 valence electrons. The molecule has 0 aromatic heterocycles. The van der Waals surface area contributed by atoms with E-state index in [4.69, 9.17) is 9.47 Å². The molecule has 5 nitrogen and oxygen atoms in total. The zero-order valence-corrected chi connectivity index (χ0v) is 16.6. The van der Waals surface area contributed by atoms with Crippen LogP contribution in [0.25, 0.3) is 0 Å². The van der Waals surface area contributed by atoms with Crippen LogP contribution in [0.2, 0.25) is 0 Å². The number of halogens is 3. The smallest absolute Gasteiger partial charge is 0.422 e. The molecule has 1 N–H and O–H groups in total. The lowest BCUT2D eigenvalue weighted by Crippen LogP contribution is -2.45. The monoisotopic (exact) mass is 415 g/mol. The summed E-state index contributed by atoms with van der Waals surface area (Å²) >= 11 is 0. The third-order valence-corrected chi connectivity index (χ3v) is 5.92. The molecule has 1 saturated heterocycles. The molecule has 1 aliphatic carbocycles. The molecule has 0 atom stereocenters. The Morgan fingerprint density at radius 1 is 1.10 bits per heavy atom. The van der Waals surface area contributed by atoms with Crippen LogP contribution < -0.4 is 9.64 Å². The van der Waals surface area contributed by atoms with E-state index in [1.807, 2.05) is 6.92 Å². The molecule has 29 heavy (non-hydrogen) atoms. The van der Waals surface area contributed by atoms with Crippen LogP contribution in [0.3, 0.4) is 0 Å². The van der Waals surface area contributed by atoms with Crippen LogP contribution in [0, 0.1) is 5.41 Å². The Kier molecular flexibility index (Phi) is 6.43. The summed E-state index contributed by atoms with van der Waals surface area (Å²) in [6, 6.07) is 6.12. The first-order valence-electron chi connectivity index (χ1n) is 10.1. The highest BCUT2D eigenvalue weighted by molar-refractivity contribution is 6.00. The van der Waals surface area contributed by atoms with E-state index in [2.05, 4.69) is 0 Å². The van der Waals surface area contributed by atoms with Gasteiger partial charge in [0.2, 0.25) is 5.91 Å². The first-order chi connectivity index (χ1) is 13.7. The minimum atomic E-state index is -4.39. The minimum absolute atomic E-state index is 0.0259. The van der Waals surface area contributed by atoms with E-state index in [0.717, 1.165) is 6.42 Å². The van der Waals surface area contributed by atoms with E-state index in [1.165, 1.54) is 12.1 Å². The number of hydrogen-bond donors (Lipinski definition) is 1. The second-order valence-corrected chi connectivity index (χ2v) is 8.16. The predicted octanol–water partition coefficient (Wildman–Crippen LogP) is 4.08. The summed E-state index contributed by atoms with van der Waals surface area (Å²) in [5.74, 6) is 0.139. The molecule has 1 aliphatic heterocycles. The van der Waals surface area contributed by atoms with Gasteiger partial charge in [0.15, 0.2) is 6.61 Å². The number of carbonyl (C=O) groups excluding carboxylic acids is 1. The molecule has 1 heterocycles. The Morgan fingerprint density at radius 3 is 2.34 bits per heavy atom. The third-order valence-electron chi connectivity index (χ3n) is 5.92. The number of alkyl halides is 3. The van der Waals surface area contributed by atoms with Crippen LogP contribution in [0.4, 0.5) is 18.9 Å². The number of amides is 1. The fraction of sp³-hybridized carbons (Fsp3) is 0.667. The molecule has 0 unspecified atom stereocenters. The molecular weight excluding hydrogens is 387 g/mol. The fourth-order valence-corrected chi connectivity index (χ4v) is 4.16. The minimum Gasteiger partial charge on any atom is -0.484 e. The van der Waals surface area contributed by atoms with Crippen molar-refractivity contribution in [2.24, 2.45) is 5.41 Å². The van der Waals surface area contributed by atoms with Gasteiger partial charge < -0.3 is 19.5 Å². The molecule has 0 radical (unpaired) electrons. The second kappa shape index (κ2) is 8.52. The van der Waals surface area contributed by atoms with Crippen molar-refractivity contribution in [1.29, 1.82) is 0 Å². The molecule has 2 fully saturated rings. The maximum absolute atomic E-state index is 13.1. The number of benzene rings is 1. The van der Waals surface area contributed by atoms with Crippen LogP contribution >= 0.6 is 0 Å². The molecule has 1 amide bonds. The Hall–Kier alpha value is -1.80. The Morgan fingerprint density at radius 2 is 1.76 bits per heavy atom. The first-order valence-corrected chi connectivity index (χ1v) is 10.1. The predicted molar refractivity (Wildman–Crippen MR) is 102 cm³/mol. The summed E-state index contributed by atoms with van der Waals surface area (Å²) in [6.07, 6.45) is -0.499. The van der Waals surface area contributed by atoms with E-state index < -0.39 is 23.8 Å². The molecule has 1 saturated carbocycles. The van der Waals surface area contributed by atoms with Crippen molar-refractivity contribution in [3.63, 3.8) is 0 Å². The number of ether oxygens (including phenoxy) is 2. The number of aliphatic hydroxyl groups is 1. The van der Waals surface area contributed by atoms with E-state index in [0.29, 0.717) is 57.6 Å². The third kappa shape index (κ3) is 5.22. The standard InChI is InChI=1S/C21H28F3NO4/c1-2-13-28-14-20(27)9-7-19(8-10-20)11-12-25(18(19)26)16-3-5-17(6-4-16)29-15-21(22,23)24/h3-6,27H,2,7-15H2,1H3/t19-,20-. The molecule has 8 heteroatoms. The molecule has 2 aliphatic rings. The van der Waals surface area contributed by atoms with E-state index in [9.17, 15) is 23.1 Å². The molecule has 0 bridgehead atoms. The Balaban J connectivity index is 1.59. The number of carbonyl (C=O) groups is 1. The zero-order valence-electron chi connectivity index (χ0n) is 16.6. The van der Waals surface area contributed by atoms with Gasteiger partial charge in [-0.1, -0.05) is 6.92 Å². The highest BCUT2D eigenvalue weighted by Gasteiger charge is 2.51. The number of nitrogens with zero attached hydrogens (tertiary/aromatic N) is 1.